The summed E-state index contributed by atoms with van der Waals surface area (Å²) in [5, 5.41) is 0. The van der Waals surface area contributed by atoms with Gasteiger partial charge in [0.05, 0.1) is 14.2 Å². The van der Waals surface area contributed by atoms with Crippen LogP contribution in [0.5, 0.6) is 0 Å². The quantitative estimate of drug-likeness (QED) is 0.398. The summed E-state index contributed by atoms with van der Waals surface area (Å²) in [5.74, 6) is 0. The van der Waals surface area contributed by atoms with Crippen molar-refractivity contribution in [3.8, 4) is 0 Å². The van der Waals surface area contributed by atoms with Crippen LogP contribution in [0.1, 0.15) is 0 Å². The summed E-state index contributed by atoms with van der Waals surface area (Å²) >= 11 is 3.90. The van der Waals surface area contributed by atoms with Crippen molar-refractivity contribution in [3.63, 3.8) is 0 Å². The Morgan fingerprint density at radius 2 is 0.958 bits per heavy atom. The SMILES string of the molecule is COS(=O)(=O)c1ccccc1I.COS(=O)(=O)c1ccccc1I. The summed E-state index contributed by atoms with van der Waals surface area (Å²) in [6.07, 6.45) is 0. The molecule has 0 saturated heterocycles. The minimum absolute atomic E-state index is 0.216. The van der Waals surface area contributed by atoms with Gasteiger partial charge in [-0.1, -0.05) is 24.3 Å². The van der Waals surface area contributed by atoms with Crippen LogP contribution in [0.2, 0.25) is 0 Å². The van der Waals surface area contributed by atoms with Gasteiger partial charge in [0.15, 0.2) is 0 Å². The topological polar surface area (TPSA) is 86.7 Å². The van der Waals surface area contributed by atoms with E-state index in [0.717, 1.165) is 14.2 Å². The van der Waals surface area contributed by atoms with Gasteiger partial charge in [-0.15, -0.1) is 0 Å². The van der Waals surface area contributed by atoms with Gasteiger partial charge in [0.25, 0.3) is 20.2 Å². The van der Waals surface area contributed by atoms with E-state index >= 15 is 0 Å². The molecule has 2 aromatic rings. The van der Waals surface area contributed by atoms with E-state index in [4.69, 9.17) is 0 Å². The van der Waals surface area contributed by atoms with Crippen LogP contribution in [0, 0.1) is 7.14 Å². The Bertz CT molecular complexity index is 819. The first-order chi connectivity index (χ1) is 11.2. The fourth-order valence-electron chi connectivity index (χ4n) is 1.47. The highest BCUT2D eigenvalue weighted by Crippen LogP contribution is 2.19. The fourth-order valence-corrected chi connectivity index (χ4v) is 5.33. The average molecular weight is 596 g/mol. The molecule has 2 rings (SSSR count). The summed E-state index contributed by atoms with van der Waals surface area (Å²) in [6.45, 7) is 0. The molecule has 6 nitrogen and oxygen atoms in total. The van der Waals surface area contributed by atoms with Crippen LogP contribution in [-0.4, -0.2) is 31.1 Å². The Balaban J connectivity index is 0.000000240. The molecule has 0 radical (unpaired) electrons. The van der Waals surface area contributed by atoms with E-state index in [-0.39, 0.29) is 9.79 Å². The molecule has 0 fully saturated rings. The van der Waals surface area contributed by atoms with E-state index in [9.17, 15) is 16.8 Å². The van der Waals surface area contributed by atoms with Gasteiger partial charge in [0.2, 0.25) is 0 Å². The largest absolute Gasteiger partial charge is 0.297 e. The van der Waals surface area contributed by atoms with Crippen LogP contribution in [0.3, 0.4) is 0 Å². The molecule has 10 heteroatoms. The van der Waals surface area contributed by atoms with Gasteiger partial charge in [-0.3, -0.25) is 8.37 Å². The van der Waals surface area contributed by atoms with E-state index < -0.39 is 20.2 Å². The Morgan fingerprint density at radius 3 is 1.21 bits per heavy atom. The summed E-state index contributed by atoms with van der Waals surface area (Å²) in [6, 6.07) is 13.3. The van der Waals surface area contributed by atoms with Crippen LogP contribution >= 0.6 is 45.2 Å². The second-order valence-electron chi connectivity index (χ2n) is 4.10. The van der Waals surface area contributed by atoms with E-state index in [1.54, 1.807) is 36.4 Å². The number of hydrogen-bond donors (Lipinski definition) is 0. The highest BCUT2D eigenvalue weighted by molar-refractivity contribution is 14.1. The lowest BCUT2D eigenvalue weighted by atomic mass is 10.4. The van der Waals surface area contributed by atoms with Crippen molar-refractivity contribution < 1.29 is 25.2 Å². The number of rotatable bonds is 4. The van der Waals surface area contributed by atoms with E-state index in [2.05, 4.69) is 8.37 Å². The van der Waals surface area contributed by atoms with Crippen LogP contribution < -0.4 is 0 Å². The minimum atomic E-state index is -3.54. The third kappa shape index (κ3) is 5.91. The normalized spacial score (nSPS) is 11.5. The van der Waals surface area contributed by atoms with Gasteiger partial charge in [-0.25, -0.2) is 0 Å². The van der Waals surface area contributed by atoms with Gasteiger partial charge in [0, 0.05) is 7.14 Å². The highest BCUT2D eigenvalue weighted by Gasteiger charge is 2.16. The number of benzene rings is 2. The maximum atomic E-state index is 11.2. The molecule has 0 aliphatic rings. The Labute approximate surface area is 169 Å². The second kappa shape index (κ2) is 9.43. The van der Waals surface area contributed by atoms with Crippen molar-refractivity contribution in [1.82, 2.24) is 0 Å². The standard InChI is InChI=1S/2C7H7IO3S/c2*1-11-12(9,10)7-5-3-2-4-6(7)8/h2*2-5H,1H3. The van der Waals surface area contributed by atoms with Gasteiger partial charge in [-0.05, 0) is 69.4 Å². The first kappa shape index (κ1) is 21.8. The van der Waals surface area contributed by atoms with Crippen LogP contribution in [0.25, 0.3) is 0 Å². The monoisotopic (exact) mass is 596 g/mol. The molecule has 2 aromatic carbocycles. The summed E-state index contributed by atoms with van der Waals surface area (Å²) in [5.41, 5.74) is 0. The molecule has 24 heavy (non-hydrogen) atoms. The maximum Gasteiger partial charge on any atom is 0.297 e. The molecule has 0 spiro atoms. The van der Waals surface area contributed by atoms with Crippen molar-refractivity contribution >= 4 is 65.4 Å². The Hall–Kier alpha value is -0.280. The molecular formula is C14H14I2O6S2. The first-order valence-corrected chi connectivity index (χ1v) is 11.2. The Kier molecular flexibility index (Phi) is 8.55. The molecule has 132 valence electrons. The third-order valence-corrected chi connectivity index (χ3v) is 7.93. The van der Waals surface area contributed by atoms with E-state index in [0.29, 0.717) is 7.14 Å². The van der Waals surface area contributed by atoms with Crippen molar-refractivity contribution in [3.05, 3.63) is 55.7 Å². The van der Waals surface area contributed by atoms with Gasteiger partial charge in [-0.2, -0.15) is 16.8 Å². The molecule has 0 atom stereocenters. The molecule has 0 amide bonds. The predicted octanol–water partition coefficient (Wildman–Crippen LogP) is 3.25. The third-order valence-electron chi connectivity index (χ3n) is 2.65. The molecule has 0 bridgehead atoms. The van der Waals surface area contributed by atoms with Crippen molar-refractivity contribution in [2.24, 2.45) is 0 Å². The fraction of sp³-hybridized carbons (Fsp3) is 0.143. The van der Waals surface area contributed by atoms with E-state index in [1.807, 2.05) is 45.2 Å². The molecule has 0 aromatic heterocycles. The lowest BCUT2D eigenvalue weighted by Gasteiger charge is -2.02. The Morgan fingerprint density at radius 1 is 0.667 bits per heavy atom. The summed E-state index contributed by atoms with van der Waals surface area (Å²) in [4.78, 5) is 0.432. The average Bonchev–Trinajstić information content (AvgIpc) is 2.56. The van der Waals surface area contributed by atoms with Crippen molar-refractivity contribution in [1.29, 1.82) is 0 Å². The highest BCUT2D eigenvalue weighted by atomic mass is 127. The maximum absolute atomic E-state index is 11.2. The minimum Gasteiger partial charge on any atom is -0.270 e. The number of hydrogen-bond acceptors (Lipinski definition) is 6. The molecule has 0 unspecified atom stereocenters. The smallest absolute Gasteiger partial charge is 0.270 e. The molecule has 0 N–H and O–H groups in total. The second-order valence-corrected chi connectivity index (χ2v) is 9.79. The van der Waals surface area contributed by atoms with Crippen molar-refractivity contribution in [2.75, 3.05) is 14.2 Å². The zero-order chi connectivity index (χ0) is 18.4. The zero-order valence-corrected chi connectivity index (χ0v) is 18.6. The number of halogens is 2. The summed E-state index contributed by atoms with van der Waals surface area (Å²) in [7, 11) is -4.77. The predicted molar refractivity (Wildman–Crippen MR) is 107 cm³/mol. The van der Waals surface area contributed by atoms with E-state index in [1.165, 1.54) is 12.1 Å². The van der Waals surface area contributed by atoms with Gasteiger partial charge in [0.1, 0.15) is 9.79 Å². The van der Waals surface area contributed by atoms with Gasteiger partial charge < -0.3 is 0 Å². The first-order valence-electron chi connectivity index (χ1n) is 6.26. The lowest BCUT2D eigenvalue weighted by molar-refractivity contribution is 0.396. The molecule has 0 saturated carbocycles. The molecule has 0 aliphatic heterocycles. The molecule has 0 heterocycles. The van der Waals surface area contributed by atoms with Crippen LogP contribution in [-0.2, 0) is 28.6 Å². The molecule has 0 aliphatic carbocycles. The van der Waals surface area contributed by atoms with Crippen LogP contribution in [0.4, 0.5) is 0 Å². The van der Waals surface area contributed by atoms with Gasteiger partial charge >= 0.3 is 0 Å². The zero-order valence-electron chi connectivity index (χ0n) is 12.6. The molecular weight excluding hydrogens is 582 g/mol. The summed E-state index contributed by atoms with van der Waals surface area (Å²) < 4.78 is 54.9. The van der Waals surface area contributed by atoms with Crippen LogP contribution in [0.15, 0.2) is 58.3 Å². The lowest BCUT2D eigenvalue weighted by Crippen LogP contribution is -2.04. The van der Waals surface area contributed by atoms with Crippen molar-refractivity contribution in [2.45, 2.75) is 9.79 Å².